The highest BCUT2D eigenvalue weighted by Gasteiger charge is 2.55. The van der Waals surface area contributed by atoms with Crippen molar-refractivity contribution in [2.75, 3.05) is 74.6 Å². The van der Waals surface area contributed by atoms with Crippen molar-refractivity contribution >= 4 is 39.2 Å². The van der Waals surface area contributed by atoms with E-state index in [0.29, 0.717) is 17.5 Å². The molecule has 4 fully saturated rings. The van der Waals surface area contributed by atoms with Gasteiger partial charge in [0.2, 0.25) is 13.1 Å². The van der Waals surface area contributed by atoms with Crippen molar-refractivity contribution in [2.45, 2.75) is 158 Å². The summed E-state index contributed by atoms with van der Waals surface area (Å²) in [5, 5.41) is 11.1. The third-order valence-electron chi connectivity index (χ3n) is 19.5. The Kier molecular flexibility index (Phi) is 31.2. The topological polar surface area (TPSA) is 459 Å². The molecule has 3 N–H and O–H groups in total. The van der Waals surface area contributed by atoms with Crippen molar-refractivity contribution in [2.24, 2.45) is 0 Å². The minimum atomic E-state index is -4.79. The van der Waals surface area contributed by atoms with Crippen LogP contribution >= 0.6 is 15.6 Å². The number of nitrogens with one attached hydrogen (secondary N) is 2. The number of aromatic amines is 2. The number of methoxy groups -OCH3 is 4. The molecule has 18 atom stereocenters. The van der Waals surface area contributed by atoms with Gasteiger partial charge in [-0.3, -0.25) is 74.6 Å². The number of ketones is 2. The molecule has 39 nitrogen and oxygen atoms in total. The number of nitrogens with zero attached hydrogens (tertiary/aromatic N) is 8. The largest absolute Gasteiger partial charge is 0.475 e. The van der Waals surface area contributed by atoms with Crippen LogP contribution < -0.4 is 33.9 Å². The minimum absolute atomic E-state index is 0.113. The van der Waals surface area contributed by atoms with Gasteiger partial charge in [-0.2, -0.15) is 9.97 Å². The normalized spacial score (nSPS) is 25.1. The maximum Gasteiger partial charge on any atom is 0.475 e. The zero-order valence-corrected chi connectivity index (χ0v) is 66.7. The molecule has 0 radical (unpaired) electrons. The van der Waals surface area contributed by atoms with Crippen LogP contribution in [0.25, 0.3) is 9.69 Å². The Balaban J connectivity index is 0.000000255. The Hall–Kier alpha value is -10.1. The summed E-state index contributed by atoms with van der Waals surface area (Å²) in [6, 6.07) is 25.5. The van der Waals surface area contributed by atoms with Crippen molar-refractivity contribution < 1.29 is 108 Å². The van der Waals surface area contributed by atoms with E-state index in [0.717, 1.165) is 47.1 Å². The number of carbonyl (C=O) groups excluding carboxylic acids is 4. The van der Waals surface area contributed by atoms with E-state index in [1.54, 1.807) is 86.6 Å². The van der Waals surface area contributed by atoms with Crippen molar-refractivity contribution in [3.05, 3.63) is 252 Å². The van der Waals surface area contributed by atoms with Gasteiger partial charge in [0.25, 0.3) is 11.1 Å². The first-order chi connectivity index (χ1) is 56.1. The van der Waals surface area contributed by atoms with Gasteiger partial charge in [-0.25, -0.2) is 51.0 Å². The van der Waals surface area contributed by atoms with Crippen molar-refractivity contribution in [1.82, 2.24) is 38.2 Å². The first-order valence-corrected chi connectivity index (χ1v) is 39.7. The highest BCUT2D eigenvalue weighted by molar-refractivity contribution is 7.48. The van der Waals surface area contributed by atoms with Gasteiger partial charge in [0, 0.05) is 76.5 Å². The number of aliphatic hydroxyl groups is 1. The van der Waals surface area contributed by atoms with Gasteiger partial charge >= 0.3 is 50.3 Å². The smallest absolute Gasteiger partial charge is 0.454 e. The molecule has 0 aliphatic carbocycles. The number of rotatable bonds is 36. The van der Waals surface area contributed by atoms with Crippen LogP contribution in [0.4, 0.5) is 0 Å². The number of Topliss-reactive ketones (excluding diaryl/α,β-unsaturated/α-hetero) is 2. The quantitative estimate of drug-likeness (QED) is 0.0155. The number of carbonyl (C=O) groups is 4. The monoisotopic (exact) mass is 1670 g/mol. The van der Waals surface area contributed by atoms with Gasteiger partial charge in [-0.1, -0.05) is 74.5 Å². The number of ether oxygens (including phenoxy) is 10. The fraction of sp³-hybridized carbons (Fsp3) is 0.474. The molecule has 0 spiro atoms. The van der Waals surface area contributed by atoms with Gasteiger partial charge in [-0.05, 0) is 74.6 Å². The summed E-state index contributed by atoms with van der Waals surface area (Å²) < 4.78 is 126. The highest BCUT2D eigenvalue weighted by Crippen LogP contribution is 2.56. The number of aryl methyl sites for hydroxylation is 2. The van der Waals surface area contributed by atoms with E-state index >= 15 is 0 Å². The molecule has 8 heterocycles. The lowest BCUT2D eigenvalue weighted by molar-refractivity contribution is -0.161. The molecule has 4 aromatic heterocycles. The number of esters is 2. The molecule has 11 rings (SSSR count). The van der Waals surface area contributed by atoms with Crippen molar-refractivity contribution in [1.29, 1.82) is 0 Å². The Morgan fingerprint density at radius 2 is 0.897 bits per heavy atom. The molecule has 4 aliphatic rings. The van der Waals surface area contributed by atoms with Crippen LogP contribution in [-0.2, 0) is 101 Å². The fourth-order valence-electron chi connectivity index (χ4n) is 13.4. The highest BCUT2D eigenvalue weighted by atomic mass is 31.2. The number of hydrogen-bond donors (Lipinski definition) is 3. The first kappa shape index (κ1) is 89.2. The van der Waals surface area contributed by atoms with E-state index in [9.17, 15) is 62.2 Å². The third kappa shape index (κ3) is 21.8. The number of H-pyrrole nitrogens is 2. The van der Waals surface area contributed by atoms with Gasteiger partial charge in [0.1, 0.15) is 68.1 Å². The van der Waals surface area contributed by atoms with E-state index in [-0.39, 0.29) is 67.5 Å². The molecule has 0 bridgehead atoms. The van der Waals surface area contributed by atoms with Crippen LogP contribution in [0.15, 0.2) is 151 Å². The first-order valence-electron chi connectivity index (χ1n) is 36.7. The Bertz CT molecular complexity index is 5200. The molecule has 4 saturated heterocycles. The summed E-state index contributed by atoms with van der Waals surface area (Å²) >= 11 is 0. The van der Waals surface area contributed by atoms with Gasteiger partial charge in [0.05, 0.1) is 55.2 Å². The van der Waals surface area contributed by atoms with Gasteiger partial charge < -0.3 is 62.2 Å². The number of aliphatic hydroxyl groups excluding tert-OH is 1. The molecule has 626 valence electrons. The fourth-order valence-corrected chi connectivity index (χ4v) is 16.1. The number of benzene rings is 3. The zero-order chi connectivity index (χ0) is 84.4. The number of hydrogen-bond acceptors (Lipinski definition) is 31. The molecule has 0 saturated carbocycles. The average molecular weight is 1670 g/mol. The SMILES string of the molecule is [C-]#[N+]CCOP(=O)(OCC1OC(n2ccc(CC(=O)c3ccccc3)nc2=O)C(OC)C1O)OC1C(CC)OC(n2ccc(=O)[nH]c2=O)C1OC.[C-]#[N+]CCOP(=O)(OCC1OC(n2ccc(CC(=O)c3ccccc3)nc2=O)C(OC)C1OC(=O)COC(=O)c1cc(C)c(C)c(C)c1)OC1C(CC)OC(n2ccc(=O)[nH]c2=O)C1OC. The van der Waals surface area contributed by atoms with E-state index in [1.807, 2.05) is 20.8 Å². The lowest BCUT2D eigenvalue weighted by Crippen LogP contribution is -2.41. The van der Waals surface area contributed by atoms with Crippen LogP contribution in [-0.4, -0.2) is 215 Å². The maximum atomic E-state index is 14.6. The summed E-state index contributed by atoms with van der Waals surface area (Å²) in [6.07, 6.45) is -13.4. The molecule has 0 amide bonds. The van der Waals surface area contributed by atoms with Crippen LogP contribution in [0.1, 0.15) is 111 Å². The summed E-state index contributed by atoms with van der Waals surface area (Å²) in [6.45, 7) is 20.1. The second-order valence-electron chi connectivity index (χ2n) is 26.9. The predicted octanol–water partition coefficient (Wildman–Crippen LogP) is 4.85. The Morgan fingerprint density at radius 1 is 0.504 bits per heavy atom. The lowest BCUT2D eigenvalue weighted by atomic mass is 10.0. The molecule has 7 aromatic rings. The number of aromatic nitrogens is 8. The molecule has 4 aliphatic heterocycles. The van der Waals surface area contributed by atoms with Crippen LogP contribution in [0.5, 0.6) is 0 Å². The second-order valence-corrected chi connectivity index (χ2v) is 30.1. The molecule has 3 aromatic carbocycles. The lowest BCUT2D eigenvalue weighted by Gasteiger charge is -2.28. The third-order valence-corrected chi connectivity index (χ3v) is 22.4. The number of phosphoric acid groups is 2. The molecule has 117 heavy (non-hydrogen) atoms. The van der Waals surface area contributed by atoms with Gasteiger partial charge in [-0.15, -0.1) is 0 Å². The maximum absolute atomic E-state index is 14.6. The summed E-state index contributed by atoms with van der Waals surface area (Å²) in [7, 11) is -4.17. The molecule has 18 unspecified atom stereocenters. The molecule has 41 heteroatoms. The van der Waals surface area contributed by atoms with Gasteiger partial charge in [0.15, 0.2) is 49.2 Å². The van der Waals surface area contributed by atoms with Crippen molar-refractivity contribution in [3.63, 3.8) is 0 Å². The molecular formula is C76H88N10O29P2. The van der Waals surface area contributed by atoms with Crippen LogP contribution in [0.2, 0.25) is 0 Å². The second kappa shape index (κ2) is 40.8. The van der Waals surface area contributed by atoms with Crippen LogP contribution in [0.3, 0.4) is 0 Å². The zero-order valence-electron chi connectivity index (χ0n) is 64.9. The summed E-state index contributed by atoms with van der Waals surface area (Å²) in [5.41, 5.74) is -0.258. The average Bonchev–Trinajstić information content (AvgIpc) is 1.65. The summed E-state index contributed by atoms with van der Waals surface area (Å²) in [5.74, 6) is -2.33. The summed E-state index contributed by atoms with van der Waals surface area (Å²) in [4.78, 5) is 146. The Morgan fingerprint density at radius 3 is 1.31 bits per heavy atom. The standard InChI is InChI=1S/C44H50N5O16P.C32H38N5O13P/c1-8-32-37(39(58-7)41(62-32)49-18-15-34(51)47-44(49)55)65-66(56,60-19-16-45-5)61-23-33-36(64-35(52)24-59-42(53)29-20-25(2)27(4)26(3)21-29)38(57-6)40(63-33)48-17-14-30(46-43(48)54)22-31(50)28-12-10-9-11-13-28;1-5-22-26(28(45-4)30(48-22)37-15-12-24(39)35-32(37)42)50-51(43,46-16-13-33-2)47-18-23-25(40)27(44-3)29(49-23)36-14-11-20(34-31(36)41)17-21(38)19-9-7-6-8-10-19/h9-15,17-18,20-21,32-33,36-41H,8,16,19,22-24H2,1-4,6-7H3,(H,47,51,55);6-12,14-15,22-23,25-30,40H,5,13,16-18H2,1,3-4H3,(H,35,39,42). The van der Waals surface area contributed by atoms with Crippen molar-refractivity contribution in [3.8, 4) is 0 Å². The van der Waals surface area contributed by atoms with E-state index in [2.05, 4.69) is 29.6 Å². The van der Waals surface area contributed by atoms with E-state index < -0.39 is 186 Å². The molecular weight excluding hydrogens is 1580 g/mol. The predicted molar refractivity (Wildman–Crippen MR) is 407 cm³/mol. The Labute approximate surface area is 667 Å². The number of phosphoric ester groups is 2. The van der Waals surface area contributed by atoms with Crippen LogP contribution in [0, 0.1) is 33.9 Å². The van der Waals surface area contributed by atoms with E-state index in [4.69, 9.17) is 87.7 Å². The van der Waals surface area contributed by atoms with E-state index in [1.165, 1.54) is 65.4 Å². The minimum Gasteiger partial charge on any atom is -0.454 e.